The fourth-order valence-electron chi connectivity index (χ4n) is 4.96. The lowest BCUT2D eigenvalue weighted by atomic mass is 10.0. The second-order valence-electron chi connectivity index (χ2n) is 8.52. The zero-order valence-corrected chi connectivity index (χ0v) is 19.1. The minimum Gasteiger partial charge on any atom is -0.334 e. The van der Waals surface area contributed by atoms with Gasteiger partial charge in [0.1, 0.15) is 22.7 Å². The van der Waals surface area contributed by atoms with Gasteiger partial charge in [0.05, 0.1) is 26.2 Å². The molecule has 4 aromatic rings. The summed E-state index contributed by atoms with van der Waals surface area (Å²) in [5, 5.41) is 9.95. The van der Waals surface area contributed by atoms with Crippen molar-refractivity contribution in [1.29, 1.82) is 5.26 Å². The molecule has 1 N–H and O–H groups in total. The molecular weight excluding hydrogens is 398 g/mol. The zero-order chi connectivity index (χ0) is 22.4. The molecule has 0 bridgehead atoms. The Morgan fingerprint density at radius 1 is 1.03 bits per heavy atom. The Hall–Kier alpha value is -3.66. The van der Waals surface area contributed by atoms with Gasteiger partial charge < -0.3 is 4.90 Å². The predicted octanol–water partition coefficient (Wildman–Crippen LogP) is 3.38. The summed E-state index contributed by atoms with van der Waals surface area (Å²) in [5.41, 5.74) is 8.05. The van der Waals surface area contributed by atoms with Crippen molar-refractivity contribution in [2.45, 2.75) is 34.1 Å². The number of H-pyrrole nitrogens is 1. The Bertz CT molecular complexity index is 1350. The number of aromatic nitrogens is 4. The minimum atomic E-state index is 0.726. The largest absolute Gasteiger partial charge is 0.334 e. The van der Waals surface area contributed by atoms with Crippen LogP contribution in [-0.4, -0.2) is 41.1 Å². The maximum absolute atomic E-state index is 9.95. The molecule has 4 heterocycles. The number of nitriles is 1. The third-order valence-electron chi connectivity index (χ3n) is 6.47. The highest BCUT2D eigenvalue weighted by Crippen LogP contribution is 2.29. The maximum atomic E-state index is 9.95. The molecular formula is C25H28N7+. The summed E-state index contributed by atoms with van der Waals surface area (Å²) in [6.45, 7) is 11.7. The summed E-state index contributed by atoms with van der Waals surface area (Å²) in [6, 6.07) is 12.7. The number of aromatic amines is 1. The fraction of sp³-hybridized carbons (Fsp3) is 0.360. The third-order valence-corrected chi connectivity index (χ3v) is 6.47. The molecule has 3 aromatic heterocycles. The lowest BCUT2D eigenvalue weighted by molar-refractivity contribution is -0.468. The van der Waals surface area contributed by atoms with Gasteiger partial charge in [-0.3, -0.25) is 9.88 Å². The van der Waals surface area contributed by atoms with Crippen molar-refractivity contribution in [2.75, 3.05) is 36.0 Å². The van der Waals surface area contributed by atoms with E-state index in [0.29, 0.717) is 0 Å². The molecule has 7 nitrogen and oxygen atoms in total. The number of imidazole rings is 1. The molecule has 1 aliphatic rings. The van der Waals surface area contributed by atoms with Gasteiger partial charge in [0, 0.05) is 17.0 Å². The van der Waals surface area contributed by atoms with Gasteiger partial charge in [-0.15, -0.1) is 0 Å². The number of aryl methyl sites for hydroxylation is 2. The Morgan fingerprint density at radius 2 is 1.69 bits per heavy atom. The molecule has 0 saturated carbocycles. The first kappa shape index (κ1) is 20.3. The number of hydrogen-bond donors (Lipinski definition) is 1. The summed E-state index contributed by atoms with van der Waals surface area (Å²) >= 11 is 0. The molecule has 0 aliphatic carbocycles. The first-order valence-corrected chi connectivity index (χ1v) is 11.2. The second kappa shape index (κ2) is 7.79. The standard InChI is InChI=1S/C25H27N7/c1-5-19-18(4)20(15-26)23-29-21-8-6-7-9-22(21)32(23)24(19)30-10-12-31(13-11-30)25-27-16(2)14-17(3)28-25/h6-9,14H,5,10-13H2,1-4H3/p+1. The molecule has 0 unspecified atom stereocenters. The van der Waals surface area contributed by atoms with Crippen molar-refractivity contribution >= 4 is 28.4 Å². The van der Waals surface area contributed by atoms with Gasteiger partial charge in [-0.25, -0.2) is 9.97 Å². The van der Waals surface area contributed by atoms with Crippen LogP contribution in [-0.2, 0) is 6.42 Å². The van der Waals surface area contributed by atoms with Gasteiger partial charge in [-0.1, -0.05) is 19.1 Å². The molecule has 0 atom stereocenters. The topological polar surface area (TPSA) is 75.9 Å². The molecule has 1 saturated heterocycles. The van der Waals surface area contributed by atoms with Gasteiger partial charge in [0.15, 0.2) is 0 Å². The number of nitrogens with one attached hydrogen (secondary N) is 1. The Morgan fingerprint density at radius 3 is 2.34 bits per heavy atom. The molecule has 5 rings (SSSR count). The van der Waals surface area contributed by atoms with Gasteiger partial charge in [0.25, 0.3) is 0 Å². The Balaban J connectivity index is 1.61. The summed E-state index contributed by atoms with van der Waals surface area (Å²) in [6.07, 6.45) is 0.874. The van der Waals surface area contributed by atoms with Crippen LogP contribution in [0, 0.1) is 32.1 Å². The monoisotopic (exact) mass is 426 g/mol. The van der Waals surface area contributed by atoms with Crippen LogP contribution in [0.2, 0.25) is 0 Å². The van der Waals surface area contributed by atoms with E-state index in [2.05, 4.69) is 67.3 Å². The lowest BCUT2D eigenvalue weighted by Gasteiger charge is -2.34. The Labute approximate surface area is 188 Å². The van der Waals surface area contributed by atoms with Crippen molar-refractivity contribution < 1.29 is 4.40 Å². The summed E-state index contributed by atoms with van der Waals surface area (Å²) < 4.78 is 2.25. The minimum absolute atomic E-state index is 0.726. The van der Waals surface area contributed by atoms with Crippen LogP contribution >= 0.6 is 0 Å². The number of benzene rings is 1. The van der Waals surface area contributed by atoms with Crippen molar-refractivity contribution in [1.82, 2.24) is 15.0 Å². The molecule has 0 amide bonds. The van der Waals surface area contributed by atoms with Crippen LogP contribution in [0.25, 0.3) is 16.7 Å². The average Bonchev–Trinajstić information content (AvgIpc) is 3.16. The third kappa shape index (κ3) is 3.14. The molecule has 162 valence electrons. The maximum Gasteiger partial charge on any atom is 0.250 e. The van der Waals surface area contributed by atoms with Crippen LogP contribution in [0.3, 0.4) is 0 Å². The van der Waals surface area contributed by atoms with Crippen molar-refractivity contribution in [2.24, 2.45) is 0 Å². The van der Waals surface area contributed by atoms with E-state index in [-0.39, 0.29) is 0 Å². The molecule has 1 aromatic carbocycles. The quantitative estimate of drug-likeness (QED) is 0.508. The van der Waals surface area contributed by atoms with Crippen molar-refractivity contribution in [3.63, 3.8) is 0 Å². The highest BCUT2D eigenvalue weighted by atomic mass is 15.3. The number of para-hydroxylation sites is 2. The number of fused-ring (bicyclic) bond motifs is 3. The first-order chi connectivity index (χ1) is 15.5. The van der Waals surface area contributed by atoms with E-state index in [4.69, 9.17) is 0 Å². The SMILES string of the molecule is CCc1c(C)c(C#N)c2[nH]c3ccccc3[n+]2c1N1CCN(c2nc(C)cc(C)n2)CC1. The van der Waals surface area contributed by atoms with E-state index in [1.165, 1.54) is 11.4 Å². The molecule has 1 aliphatic heterocycles. The first-order valence-electron chi connectivity index (χ1n) is 11.2. The average molecular weight is 427 g/mol. The number of hydrogen-bond acceptors (Lipinski definition) is 5. The van der Waals surface area contributed by atoms with Crippen LogP contribution in [0.5, 0.6) is 0 Å². The molecule has 7 heteroatoms. The summed E-state index contributed by atoms with van der Waals surface area (Å²) in [5.74, 6) is 2.01. The van der Waals surface area contributed by atoms with E-state index in [0.717, 1.165) is 77.7 Å². The smallest absolute Gasteiger partial charge is 0.250 e. The van der Waals surface area contributed by atoms with Gasteiger partial charge in [-0.05, 0) is 51.0 Å². The number of nitrogens with zero attached hydrogens (tertiary/aromatic N) is 6. The number of piperazine rings is 1. The predicted molar refractivity (Wildman–Crippen MR) is 126 cm³/mol. The van der Waals surface area contributed by atoms with Gasteiger partial charge in [0.2, 0.25) is 17.4 Å². The van der Waals surface area contributed by atoms with Gasteiger partial charge in [-0.2, -0.15) is 9.66 Å². The van der Waals surface area contributed by atoms with Gasteiger partial charge >= 0.3 is 0 Å². The van der Waals surface area contributed by atoms with Crippen molar-refractivity contribution in [3.8, 4) is 6.07 Å². The Kier molecular flexibility index (Phi) is 4.93. The van der Waals surface area contributed by atoms with E-state index in [1.54, 1.807) is 0 Å². The fourth-order valence-corrected chi connectivity index (χ4v) is 4.96. The number of pyridine rings is 1. The molecule has 32 heavy (non-hydrogen) atoms. The number of rotatable bonds is 3. The number of anilines is 2. The van der Waals surface area contributed by atoms with E-state index in [1.807, 2.05) is 26.0 Å². The molecule has 0 radical (unpaired) electrons. The van der Waals surface area contributed by atoms with Crippen LogP contribution in [0.15, 0.2) is 30.3 Å². The van der Waals surface area contributed by atoms with Crippen molar-refractivity contribution in [3.05, 3.63) is 58.4 Å². The summed E-state index contributed by atoms with van der Waals surface area (Å²) in [7, 11) is 0. The highest BCUT2D eigenvalue weighted by Gasteiger charge is 2.31. The molecule has 1 fully saturated rings. The highest BCUT2D eigenvalue weighted by molar-refractivity contribution is 5.78. The lowest BCUT2D eigenvalue weighted by Crippen LogP contribution is -2.50. The van der Waals surface area contributed by atoms with E-state index in [9.17, 15) is 5.26 Å². The summed E-state index contributed by atoms with van der Waals surface area (Å²) in [4.78, 5) is 17.5. The van der Waals surface area contributed by atoms with Crippen LogP contribution in [0.1, 0.15) is 35.0 Å². The van der Waals surface area contributed by atoms with Crippen LogP contribution < -0.4 is 14.2 Å². The normalized spacial score (nSPS) is 14.3. The van der Waals surface area contributed by atoms with E-state index < -0.39 is 0 Å². The van der Waals surface area contributed by atoms with Crippen LogP contribution in [0.4, 0.5) is 11.8 Å². The van der Waals surface area contributed by atoms with E-state index >= 15 is 0 Å². The molecule has 0 spiro atoms. The second-order valence-corrected chi connectivity index (χ2v) is 8.52. The zero-order valence-electron chi connectivity index (χ0n) is 19.1.